The quantitative estimate of drug-likeness (QED) is 0.278. The molecule has 4 rings (SSSR count). The number of hydrogen-bond acceptors (Lipinski definition) is 6. The van der Waals surface area contributed by atoms with Gasteiger partial charge in [0.1, 0.15) is 17.8 Å². The fraction of sp³-hybridized carbons (Fsp3) is 0.610. The lowest BCUT2D eigenvalue weighted by molar-refractivity contribution is -0.140. The van der Waals surface area contributed by atoms with Crippen molar-refractivity contribution in [2.24, 2.45) is 11.3 Å². The van der Waals surface area contributed by atoms with E-state index in [0.717, 1.165) is 48.1 Å². The molecule has 3 N–H and O–H groups in total. The Labute approximate surface area is 304 Å². The van der Waals surface area contributed by atoms with Gasteiger partial charge in [-0.1, -0.05) is 57.2 Å². The molecule has 2 unspecified atom stereocenters. The van der Waals surface area contributed by atoms with Gasteiger partial charge in [0, 0.05) is 31.7 Å². The van der Waals surface area contributed by atoms with Crippen LogP contribution in [0.2, 0.25) is 0 Å². The zero-order chi connectivity index (χ0) is 37.0. The first kappa shape index (κ1) is 39.9. The van der Waals surface area contributed by atoms with Gasteiger partial charge in [-0.05, 0) is 107 Å². The van der Waals surface area contributed by atoms with Crippen molar-refractivity contribution < 1.29 is 28.7 Å². The minimum absolute atomic E-state index is 0.193. The summed E-state index contributed by atoms with van der Waals surface area (Å²) < 4.78 is 12.2. The van der Waals surface area contributed by atoms with Gasteiger partial charge in [-0.2, -0.15) is 0 Å². The summed E-state index contributed by atoms with van der Waals surface area (Å²) >= 11 is 0. The van der Waals surface area contributed by atoms with E-state index >= 15 is 0 Å². The first-order chi connectivity index (χ1) is 24.3. The predicted molar refractivity (Wildman–Crippen MR) is 199 cm³/mol. The molecular weight excluding hydrogens is 644 g/mol. The van der Waals surface area contributed by atoms with Crippen molar-refractivity contribution in [3.05, 3.63) is 65.2 Å². The number of hydrogen-bond donors (Lipinski definition) is 3. The maximum absolute atomic E-state index is 14.2. The third-order valence-electron chi connectivity index (χ3n) is 11.0. The van der Waals surface area contributed by atoms with Gasteiger partial charge in [0.2, 0.25) is 23.6 Å². The van der Waals surface area contributed by atoms with E-state index in [4.69, 9.17) is 9.47 Å². The largest absolute Gasteiger partial charge is 0.494 e. The molecule has 10 nitrogen and oxygen atoms in total. The lowest BCUT2D eigenvalue weighted by atomic mass is 9.82. The van der Waals surface area contributed by atoms with Crippen molar-refractivity contribution in [2.45, 2.75) is 124 Å². The summed E-state index contributed by atoms with van der Waals surface area (Å²) in [5.41, 5.74) is 1.85. The Bertz CT molecular complexity index is 1480. The van der Waals surface area contributed by atoms with Crippen LogP contribution in [0.3, 0.4) is 0 Å². The van der Waals surface area contributed by atoms with E-state index in [1.165, 1.54) is 0 Å². The minimum Gasteiger partial charge on any atom is -0.494 e. The van der Waals surface area contributed by atoms with E-state index in [0.29, 0.717) is 52.0 Å². The second kappa shape index (κ2) is 18.5. The molecule has 0 aliphatic carbocycles. The lowest BCUT2D eigenvalue weighted by Gasteiger charge is -2.35. The Kier molecular flexibility index (Phi) is 14.5. The molecule has 4 bridgehead atoms. The fourth-order valence-electron chi connectivity index (χ4n) is 6.55. The van der Waals surface area contributed by atoms with Crippen molar-refractivity contribution in [2.75, 3.05) is 26.3 Å². The molecule has 0 radical (unpaired) electrons. The molecule has 2 heterocycles. The number of piperidine rings is 1. The number of carbonyl (C=O) groups excluding carboxylic acids is 4. The standard InChI is InChI=1S/C41H60N4O6/c1-7-40(4,5)51-24-21-41(6,8-2)39(49)44-35-26-36(46)45-22-12-15-31(28-45)20-23-50-33-18-16-29(3)32(25-33)27-42-37(47)34(43-38(35)48)19-17-30-13-10-9-11-14-30/h9-11,13-14,16,18,25,31,34-35H,7-8,12,15,17,19-24,26-28H2,1-6H3,(H,42,47)(H,43,48)(H,44,49)/t31?,34-,35-,41?/m0/s1. The summed E-state index contributed by atoms with van der Waals surface area (Å²) in [5, 5.41) is 8.94. The van der Waals surface area contributed by atoms with Crippen LogP contribution in [-0.4, -0.2) is 72.5 Å². The molecule has 2 aromatic rings. The first-order valence-corrected chi connectivity index (χ1v) is 18.9. The molecule has 0 saturated carbocycles. The van der Waals surface area contributed by atoms with Crippen LogP contribution < -0.4 is 20.7 Å². The Hall–Kier alpha value is -3.92. The Balaban J connectivity index is 1.61. The van der Waals surface area contributed by atoms with Crippen LogP contribution in [-0.2, 0) is 36.9 Å². The molecule has 2 aliphatic heterocycles. The molecule has 4 atom stereocenters. The number of carbonyl (C=O) groups is 4. The number of benzene rings is 2. The smallest absolute Gasteiger partial charge is 0.243 e. The molecule has 0 spiro atoms. The van der Waals surface area contributed by atoms with E-state index in [9.17, 15) is 19.2 Å². The zero-order valence-electron chi connectivity index (χ0n) is 31.6. The second-order valence-electron chi connectivity index (χ2n) is 15.2. The lowest BCUT2D eigenvalue weighted by Crippen LogP contribution is -2.57. The second-order valence-corrected chi connectivity index (χ2v) is 15.2. The van der Waals surface area contributed by atoms with E-state index < -0.39 is 23.4 Å². The fourth-order valence-corrected chi connectivity index (χ4v) is 6.55. The molecule has 1 saturated heterocycles. The molecule has 2 aromatic carbocycles. The van der Waals surface area contributed by atoms with Crippen LogP contribution in [0.4, 0.5) is 0 Å². The molecule has 0 aromatic heterocycles. The van der Waals surface area contributed by atoms with E-state index in [2.05, 4.69) is 22.9 Å². The number of nitrogens with zero attached hydrogens (tertiary/aromatic N) is 1. The van der Waals surface area contributed by atoms with Gasteiger partial charge in [0.15, 0.2) is 0 Å². The van der Waals surface area contributed by atoms with Crippen molar-refractivity contribution in [3.8, 4) is 5.75 Å². The Morgan fingerprint density at radius 2 is 1.78 bits per heavy atom. The van der Waals surface area contributed by atoms with Crippen LogP contribution in [0.25, 0.3) is 0 Å². The molecule has 2 aliphatic rings. The van der Waals surface area contributed by atoms with Gasteiger partial charge in [0.05, 0.1) is 18.6 Å². The van der Waals surface area contributed by atoms with E-state index in [1.807, 2.05) is 88.0 Å². The van der Waals surface area contributed by atoms with Gasteiger partial charge < -0.3 is 30.3 Å². The maximum Gasteiger partial charge on any atom is 0.243 e. The summed E-state index contributed by atoms with van der Waals surface area (Å²) in [4.78, 5) is 57.7. The molecular formula is C41H60N4O6. The highest BCUT2D eigenvalue weighted by Crippen LogP contribution is 2.29. The number of aryl methyl sites for hydroxylation is 2. The number of amides is 4. The first-order valence-electron chi connectivity index (χ1n) is 18.9. The molecule has 4 amide bonds. The SMILES string of the molecule is CCC(C)(C)OCCC(C)(CC)C(=O)N[C@H]1CC(=O)N2CCCC(CCOc3ccc(C)c(c3)CNC(=O)[C@H](CCc3ccccc3)NC1=O)C2. The average Bonchev–Trinajstić information content (AvgIpc) is 3.12. The van der Waals surface area contributed by atoms with Crippen LogP contribution in [0.5, 0.6) is 5.75 Å². The van der Waals surface area contributed by atoms with Crippen molar-refractivity contribution in [1.82, 2.24) is 20.9 Å². The highest BCUT2D eigenvalue weighted by molar-refractivity contribution is 5.95. The van der Waals surface area contributed by atoms with Crippen LogP contribution in [0, 0.1) is 18.3 Å². The van der Waals surface area contributed by atoms with Crippen LogP contribution in [0.1, 0.15) is 103 Å². The van der Waals surface area contributed by atoms with Crippen molar-refractivity contribution in [3.63, 3.8) is 0 Å². The third-order valence-corrected chi connectivity index (χ3v) is 11.0. The topological polar surface area (TPSA) is 126 Å². The zero-order valence-corrected chi connectivity index (χ0v) is 31.6. The summed E-state index contributed by atoms with van der Waals surface area (Å²) in [5.74, 6) is -0.384. The number of ether oxygens (including phenoxy) is 2. The summed E-state index contributed by atoms with van der Waals surface area (Å²) in [6.45, 7) is 14.2. The Morgan fingerprint density at radius 3 is 2.51 bits per heavy atom. The summed E-state index contributed by atoms with van der Waals surface area (Å²) in [6, 6.07) is 13.6. The minimum atomic E-state index is -1.16. The van der Waals surface area contributed by atoms with Gasteiger partial charge in [0.25, 0.3) is 0 Å². The van der Waals surface area contributed by atoms with Gasteiger partial charge in [-0.15, -0.1) is 0 Å². The maximum atomic E-state index is 14.2. The monoisotopic (exact) mass is 704 g/mol. The van der Waals surface area contributed by atoms with E-state index in [1.54, 1.807) is 0 Å². The van der Waals surface area contributed by atoms with Crippen LogP contribution in [0.15, 0.2) is 48.5 Å². The summed E-state index contributed by atoms with van der Waals surface area (Å²) in [6.07, 6.45) is 5.15. The van der Waals surface area contributed by atoms with Crippen molar-refractivity contribution in [1.29, 1.82) is 0 Å². The van der Waals surface area contributed by atoms with Crippen LogP contribution >= 0.6 is 0 Å². The van der Waals surface area contributed by atoms with Gasteiger partial charge in [-0.3, -0.25) is 19.2 Å². The molecule has 280 valence electrons. The number of fused-ring (bicyclic) bond motifs is 4. The highest BCUT2D eigenvalue weighted by Gasteiger charge is 2.37. The van der Waals surface area contributed by atoms with E-state index in [-0.39, 0.29) is 42.2 Å². The highest BCUT2D eigenvalue weighted by atomic mass is 16.5. The number of nitrogens with one attached hydrogen (secondary N) is 3. The normalized spacial score (nSPS) is 22.0. The molecule has 1 fully saturated rings. The predicted octanol–water partition coefficient (Wildman–Crippen LogP) is 5.64. The Morgan fingerprint density at radius 1 is 1.02 bits per heavy atom. The van der Waals surface area contributed by atoms with Crippen molar-refractivity contribution >= 4 is 23.6 Å². The molecule has 51 heavy (non-hydrogen) atoms. The van der Waals surface area contributed by atoms with Gasteiger partial charge in [-0.25, -0.2) is 0 Å². The number of rotatable bonds is 11. The third kappa shape index (κ3) is 11.8. The van der Waals surface area contributed by atoms with Gasteiger partial charge >= 0.3 is 0 Å². The summed E-state index contributed by atoms with van der Waals surface area (Å²) in [7, 11) is 0. The average molecular weight is 705 g/mol. The molecule has 10 heteroatoms.